The summed E-state index contributed by atoms with van der Waals surface area (Å²) >= 11 is 1.33. The van der Waals surface area contributed by atoms with E-state index in [4.69, 9.17) is 4.74 Å². The van der Waals surface area contributed by atoms with Crippen molar-refractivity contribution in [2.24, 2.45) is 0 Å². The van der Waals surface area contributed by atoms with Gasteiger partial charge in [-0.2, -0.15) is 0 Å². The Bertz CT molecular complexity index is 931. The van der Waals surface area contributed by atoms with Crippen LogP contribution in [0.2, 0.25) is 0 Å². The molecule has 0 bridgehead atoms. The van der Waals surface area contributed by atoms with Gasteiger partial charge in [0.2, 0.25) is 5.91 Å². The Labute approximate surface area is 153 Å². The van der Waals surface area contributed by atoms with E-state index in [2.05, 4.69) is 0 Å². The molecule has 0 saturated carbocycles. The Morgan fingerprint density at radius 3 is 2.88 bits per heavy atom. The van der Waals surface area contributed by atoms with E-state index in [1.165, 1.54) is 28.8 Å². The van der Waals surface area contributed by atoms with Gasteiger partial charge in [0.15, 0.2) is 4.87 Å². The topological polar surface area (TPSA) is 89.8 Å². The maximum atomic E-state index is 12.9. The number of nitrogens with zero attached hydrogens (tertiary/aromatic N) is 2. The molecular formula is C18H14N2O5S. The number of hydrogen-bond acceptors (Lipinski definition) is 6. The number of anilines is 1. The summed E-state index contributed by atoms with van der Waals surface area (Å²) in [6.07, 6.45) is 0.659. The highest BCUT2D eigenvalue weighted by Gasteiger charge is 2.58. The molecule has 1 amide bonds. The van der Waals surface area contributed by atoms with Gasteiger partial charge in [0.1, 0.15) is 6.61 Å². The third-order valence-electron chi connectivity index (χ3n) is 4.48. The minimum Gasteiger partial charge on any atom is -0.458 e. The van der Waals surface area contributed by atoms with Gasteiger partial charge >= 0.3 is 5.97 Å². The fourth-order valence-electron chi connectivity index (χ4n) is 3.29. The van der Waals surface area contributed by atoms with E-state index in [0.717, 1.165) is 10.6 Å². The normalized spacial score (nSPS) is 20.6. The second kappa shape index (κ2) is 6.14. The number of nitro benzene ring substituents is 1. The van der Waals surface area contributed by atoms with Crippen molar-refractivity contribution < 1.29 is 19.2 Å². The molecule has 132 valence electrons. The highest BCUT2D eigenvalue weighted by Crippen LogP contribution is 2.56. The van der Waals surface area contributed by atoms with Crippen molar-refractivity contribution in [2.75, 3.05) is 4.90 Å². The second-order valence-electron chi connectivity index (χ2n) is 6.09. The first-order chi connectivity index (χ1) is 12.5. The summed E-state index contributed by atoms with van der Waals surface area (Å²) in [6, 6.07) is 13.3. The fourth-order valence-corrected chi connectivity index (χ4v) is 4.71. The Balaban J connectivity index is 1.56. The van der Waals surface area contributed by atoms with Gasteiger partial charge in [0.25, 0.3) is 5.69 Å². The number of carbonyl (C=O) groups excluding carboxylic acids is 2. The second-order valence-corrected chi connectivity index (χ2v) is 7.41. The minimum absolute atomic E-state index is 0.0583. The lowest BCUT2D eigenvalue weighted by atomic mass is 10.2. The quantitative estimate of drug-likeness (QED) is 0.466. The largest absolute Gasteiger partial charge is 0.458 e. The van der Waals surface area contributed by atoms with Gasteiger partial charge in [-0.3, -0.25) is 19.8 Å². The first kappa shape index (κ1) is 16.6. The smallest absolute Gasteiger partial charge is 0.343 e. The fraction of sp³-hybridized carbons (Fsp3) is 0.222. The van der Waals surface area contributed by atoms with Gasteiger partial charge in [-0.05, 0) is 17.7 Å². The molecule has 2 aliphatic rings. The van der Waals surface area contributed by atoms with Crippen LogP contribution in [0.25, 0.3) is 0 Å². The van der Waals surface area contributed by atoms with E-state index in [9.17, 15) is 19.7 Å². The number of fused-ring (bicyclic) bond motifs is 3. The van der Waals surface area contributed by atoms with Gasteiger partial charge < -0.3 is 4.74 Å². The highest BCUT2D eigenvalue weighted by molar-refractivity contribution is 8.02. The van der Waals surface area contributed by atoms with Crippen LogP contribution >= 0.6 is 11.8 Å². The molecule has 1 fully saturated rings. The lowest BCUT2D eigenvalue weighted by molar-refractivity contribution is -0.384. The maximum Gasteiger partial charge on any atom is 0.343 e. The lowest BCUT2D eigenvalue weighted by Crippen LogP contribution is -2.47. The van der Waals surface area contributed by atoms with E-state index in [-0.39, 0.29) is 24.6 Å². The molecule has 2 aromatic rings. The zero-order valence-corrected chi connectivity index (χ0v) is 14.4. The number of rotatable bonds is 4. The predicted molar refractivity (Wildman–Crippen MR) is 94.6 cm³/mol. The zero-order chi connectivity index (χ0) is 18.3. The number of thioether (sulfide) groups is 1. The molecule has 1 atom stereocenters. The average molecular weight is 370 g/mol. The molecule has 26 heavy (non-hydrogen) atoms. The molecule has 0 N–H and O–H groups in total. The van der Waals surface area contributed by atoms with Crippen LogP contribution in [-0.4, -0.2) is 21.7 Å². The first-order valence-corrected chi connectivity index (χ1v) is 8.84. The monoisotopic (exact) mass is 370 g/mol. The van der Waals surface area contributed by atoms with Crippen LogP contribution in [0.4, 0.5) is 11.4 Å². The van der Waals surface area contributed by atoms with E-state index >= 15 is 0 Å². The van der Waals surface area contributed by atoms with Gasteiger partial charge in [-0.25, -0.2) is 4.79 Å². The summed E-state index contributed by atoms with van der Waals surface area (Å²) in [4.78, 5) is 36.9. The molecule has 1 saturated heterocycles. The molecule has 2 aliphatic heterocycles. The summed E-state index contributed by atoms with van der Waals surface area (Å²) in [5, 5.41) is 10.9. The SMILES string of the molecule is O=C1CC[C@@]2(C(=O)OCc3cccc([N+](=O)[O-])c3)Sc3ccccc3N12. The van der Waals surface area contributed by atoms with Crippen molar-refractivity contribution in [1.82, 2.24) is 0 Å². The number of ether oxygens (including phenoxy) is 1. The summed E-state index contributed by atoms with van der Waals surface area (Å²) < 4.78 is 5.45. The van der Waals surface area contributed by atoms with Gasteiger partial charge in [-0.1, -0.05) is 36.0 Å². The lowest BCUT2D eigenvalue weighted by Gasteiger charge is -2.28. The van der Waals surface area contributed by atoms with E-state index in [1.807, 2.05) is 24.3 Å². The van der Waals surface area contributed by atoms with Gasteiger partial charge in [-0.15, -0.1) is 0 Å². The molecule has 0 radical (unpaired) electrons. The molecule has 0 spiro atoms. The predicted octanol–water partition coefficient (Wildman–Crippen LogP) is 3.27. The van der Waals surface area contributed by atoms with Crippen LogP contribution in [0.3, 0.4) is 0 Å². The Kier molecular flexibility index (Phi) is 3.91. The number of carbonyl (C=O) groups is 2. The molecule has 0 aliphatic carbocycles. The van der Waals surface area contributed by atoms with Gasteiger partial charge in [0, 0.05) is 29.9 Å². The van der Waals surface area contributed by atoms with E-state index < -0.39 is 15.8 Å². The number of amides is 1. The average Bonchev–Trinajstić information content (AvgIpc) is 3.16. The molecule has 0 aromatic heterocycles. The summed E-state index contributed by atoms with van der Waals surface area (Å²) in [5.74, 6) is -0.606. The van der Waals surface area contributed by atoms with Crippen LogP contribution in [0, 0.1) is 10.1 Å². The molecule has 0 unspecified atom stereocenters. The van der Waals surface area contributed by atoms with Crippen LogP contribution in [0.15, 0.2) is 53.4 Å². The van der Waals surface area contributed by atoms with E-state index in [0.29, 0.717) is 12.0 Å². The van der Waals surface area contributed by atoms with Crippen molar-refractivity contribution in [3.63, 3.8) is 0 Å². The molecule has 8 heteroatoms. The summed E-state index contributed by atoms with van der Waals surface area (Å²) in [7, 11) is 0. The Hall–Kier alpha value is -2.87. The van der Waals surface area contributed by atoms with Crippen molar-refractivity contribution in [2.45, 2.75) is 29.2 Å². The first-order valence-electron chi connectivity index (χ1n) is 8.03. The molecule has 2 aromatic carbocycles. The standard InChI is InChI=1S/C18H14N2O5S/c21-16-8-9-18(19(16)14-6-1-2-7-15(14)26-18)17(22)25-11-12-4-3-5-13(10-12)20(23)24/h1-7,10H,8-9,11H2/t18-/m0/s1. The third-order valence-corrected chi connectivity index (χ3v) is 5.94. The number of esters is 1. The van der Waals surface area contributed by atoms with Crippen LogP contribution in [0.5, 0.6) is 0 Å². The number of para-hydroxylation sites is 1. The number of nitro groups is 1. The number of benzene rings is 2. The Morgan fingerprint density at radius 2 is 2.08 bits per heavy atom. The number of non-ortho nitro benzene ring substituents is 1. The minimum atomic E-state index is -1.08. The van der Waals surface area contributed by atoms with Crippen molar-refractivity contribution in [3.8, 4) is 0 Å². The zero-order valence-electron chi connectivity index (χ0n) is 13.6. The molecule has 4 rings (SSSR count). The molecule has 2 heterocycles. The van der Waals surface area contributed by atoms with Gasteiger partial charge in [0.05, 0.1) is 10.6 Å². The molecule has 7 nitrogen and oxygen atoms in total. The van der Waals surface area contributed by atoms with Crippen molar-refractivity contribution in [1.29, 1.82) is 0 Å². The van der Waals surface area contributed by atoms with Crippen molar-refractivity contribution >= 4 is 35.0 Å². The van der Waals surface area contributed by atoms with Crippen LogP contribution in [0.1, 0.15) is 18.4 Å². The van der Waals surface area contributed by atoms with Crippen molar-refractivity contribution in [3.05, 3.63) is 64.2 Å². The van der Waals surface area contributed by atoms with Crippen LogP contribution in [-0.2, 0) is 20.9 Å². The third kappa shape index (κ3) is 2.53. The summed E-state index contributed by atoms with van der Waals surface area (Å²) in [6.45, 7) is -0.0821. The van der Waals surface area contributed by atoms with Crippen LogP contribution < -0.4 is 4.90 Å². The molecular weight excluding hydrogens is 356 g/mol. The van der Waals surface area contributed by atoms with E-state index in [1.54, 1.807) is 12.1 Å². The summed E-state index contributed by atoms with van der Waals surface area (Å²) in [5.41, 5.74) is 1.20. The Morgan fingerprint density at radius 1 is 1.27 bits per heavy atom. The highest BCUT2D eigenvalue weighted by atomic mass is 32.2. The number of hydrogen-bond donors (Lipinski definition) is 0. The maximum absolute atomic E-state index is 12.9.